The molecule has 0 spiro atoms. The second kappa shape index (κ2) is 7.99. The first-order valence-electron chi connectivity index (χ1n) is 7.17. The predicted octanol–water partition coefficient (Wildman–Crippen LogP) is 2.27. The molecule has 0 aliphatic carbocycles. The van der Waals surface area contributed by atoms with E-state index in [2.05, 4.69) is 27.5 Å². The molecule has 0 bridgehead atoms. The zero-order chi connectivity index (χ0) is 14.9. The Kier molecular flexibility index (Phi) is 5.70. The number of nitrogens with zero attached hydrogens (tertiary/aromatic N) is 2. The van der Waals surface area contributed by atoms with E-state index in [9.17, 15) is 4.79 Å². The fraction of sp³-hybridized carbons (Fsp3) is 0.312. The number of anilines is 1. The van der Waals surface area contributed by atoms with Crippen LogP contribution in [0.5, 0.6) is 0 Å². The summed E-state index contributed by atoms with van der Waals surface area (Å²) >= 11 is 0. The molecule has 1 amide bonds. The van der Waals surface area contributed by atoms with Crippen molar-refractivity contribution >= 4 is 11.7 Å². The minimum absolute atomic E-state index is 0.149. The van der Waals surface area contributed by atoms with Crippen molar-refractivity contribution in [3.63, 3.8) is 0 Å². The van der Waals surface area contributed by atoms with Crippen LogP contribution in [0.15, 0.2) is 42.7 Å². The zero-order valence-corrected chi connectivity index (χ0v) is 12.2. The van der Waals surface area contributed by atoms with Gasteiger partial charge in [-0.25, -0.2) is 4.98 Å². The summed E-state index contributed by atoms with van der Waals surface area (Å²) < 4.78 is 0. The van der Waals surface area contributed by atoms with E-state index in [1.54, 1.807) is 18.5 Å². The van der Waals surface area contributed by atoms with Gasteiger partial charge >= 0.3 is 0 Å². The maximum absolute atomic E-state index is 12.0. The number of hydrogen-bond donors (Lipinski definition) is 2. The first-order valence-corrected chi connectivity index (χ1v) is 7.17. The Hall–Kier alpha value is -2.43. The van der Waals surface area contributed by atoms with Crippen LogP contribution in [-0.2, 0) is 6.42 Å². The molecule has 5 heteroatoms. The molecule has 0 atom stereocenters. The lowest BCUT2D eigenvalue weighted by Crippen LogP contribution is -2.26. The molecule has 5 nitrogen and oxygen atoms in total. The third kappa shape index (κ3) is 4.87. The summed E-state index contributed by atoms with van der Waals surface area (Å²) in [6.07, 6.45) is 5.30. The number of pyridine rings is 2. The van der Waals surface area contributed by atoms with Crippen molar-refractivity contribution < 1.29 is 4.79 Å². The number of carbonyl (C=O) groups excluding carboxylic acids is 1. The van der Waals surface area contributed by atoms with Gasteiger partial charge in [-0.1, -0.05) is 13.0 Å². The Morgan fingerprint density at radius 1 is 1.14 bits per heavy atom. The summed E-state index contributed by atoms with van der Waals surface area (Å²) in [7, 11) is 0. The van der Waals surface area contributed by atoms with E-state index in [4.69, 9.17) is 0 Å². The maximum Gasteiger partial charge on any atom is 0.269 e. The van der Waals surface area contributed by atoms with E-state index in [1.165, 1.54) is 0 Å². The molecule has 0 saturated carbocycles. The zero-order valence-electron chi connectivity index (χ0n) is 12.2. The molecule has 2 heterocycles. The van der Waals surface area contributed by atoms with E-state index in [1.807, 2.05) is 24.3 Å². The van der Waals surface area contributed by atoms with Gasteiger partial charge in [-0.05, 0) is 42.7 Å². The van der Waals surface area contributed by atoms with Crippen LogP contribution in [0.3, 0.4) is 0 Å². The van der Waals surface area contributed by atoms with E-state index in [0.717, 1.165) is 30.8 Å². The van der Waals surface area contributed by atoms with E-state index < -0.39 is 0 Å². The summed E-state index contributed by atoms with van der Waals surface area (Å²) in [5, 5.41) is 6.05. The highest BCUT2D eigenvalue weighted by molar-refractivity contribution is 5.92. The molecular formula is C16H20N4O. The van der Waals surface area contributed by atoms with Crippen molar-refractivity contribution in [2.24, 2.45) is 0 Å². The van der Waals surface area contributed by atoms with Crippen LogP contribution in [-0.4, -0.2) is 29.0 Å². The third-order valence-corrected chi connectivity index (χ3v) is 2.99. The molecule has 0 radical (unpaired) electrons. The van der Waals surface area contributed by atoms with Crippen LogP contribution in [0.1, 0.15) is 29.4 Å². The Morgan fingerprint density at radius 3 is 2.71 bits per heavy atom. The molecule has 2 aromatic heterocycles. The highest BCUT2D eigenvalue weighted by atomic mass is 16.1. The van der Waals surface area contributed by atoms with Crippen LogP contribution in [0.2, 0.25) is 0 Å². The van der Waals surface area contributed by atoms with Crippen LogP contribution < -0.4 is 10.6 Å². The van der Waals surface area contributed by atoms with Gasteiger partial charge in [0.2, 0.25) is 0 Å². The van der Waals surface area contributed by atoms with Gasteiger partial charge in [0.1, 0.15) is 11.5 Å². The van der Waals surface area contributed by atoms with Gasteiger partial charge in [0.05, 0.1) is 0 Å². The minimum atomic E-state index is -0.149. The fourth-order valence-electron chi connectivity index (χ4n) is 1.87. The lowest BCUT2D eigenvalue weighted by molar-refractivity contribution is 0.0949. The van der Waals surface area contributed by atoms with E-state index >= 15 is 0 Å². The molecule has 110 valence electrons. The third-order valence-electron chi connectivity index (χ3n) is 2.99. The van der Waals surface area contributed by atoms with Gasteiger partial charge in [-0.15, -0.1) is 0 Å². The largest absolute Gasteiger partial charge is 0.370 e. The lowest BCUT2D eigenvalue weighted by Gasteiger charge is -2.07. The molecule has 0 aliphatic rings. The topological polar surface area (TPSA) is 66.9 Å². The summed E-state index contributed by atoms with van der Waals surface area (Å²) in [5.74, 6) is 0.586. The highest BCUT2D eigenvalue weighted by Crippen LogP contribution is 2.05. The van der Waals surface area contributed by atoms with Crippen molar-refractivity contribution in [1.82, 2.24) is 15.3 Å². The van der Waals surface area contributed by atoms with Gasteiger partial charge < -0.3 is 10.6 Å². The van der Waals surface area contributed by atoms with E-state index in [0.29, 0.717) is 12.2 Å². The number of carbonyl (C=O) groups is 1. The monoisotopic (exact) mass is 284 g/mol. The summed E-state index contributed by atoms with van der Waals surface area (Å²) in [4.78, 5) is 20.3. The quantitative estimate of drug-likeness (QED) is 0.818. The summed E-state index contributed by atoms with van der Waals surface area (Å²) in [6.45, 7) is 3.51. The van der Waals surface area contributed by atoms with Crippen molar-refractivity contribution in [3.8, 4) is 0 Å². The Morgan fingerprint density at radius 2 is 1.95 bits per heavy atom. The van der Waals surface area contributed by atoms with Gasteiger partial charge in [0, 0.05) is 25.5 Å². The molecule has 2 rings (SSSR count). The molecule has 0 aliphatic heterocycles. The van der Waals surface area contributed by atoms with Crippen LogP contribution in [0.25, 0.3) is 0 Å². The number of amides is 1. The molecule has 2 N–H and O–H groups in total. The average Bonchev–Trinajstić information content (AvgIpc) is 2.54. The van der Waals surface area contributed by atoms with Crippen LogP contribution in [0, 0.1) is 0 Å². The van der Waals surface area contributed by atoms with Gasteiger partial charge in [0.25, 0.3) is 5.91 Å². The summed E-state index contributed by atoms with van der Waals surface area (Å²) in [5.41, 5.74) is 1.59. The first kappa shape index (κ1) is 15.0. The first-order chi connectivity index (χ1) is 10.3. The van der Waals surface area contributed by atoms with Gasteiger partial charge in [-0.2, -0.15) is 0 Å². The fourth-order valence-corrected chi connectivity index (χ4v) is 1.87. The van der Waals surface area contributed by atoms with Crippen molar-refractivity contribution in [3.05, 3.63) is 54.0 Å². The SMILES string of the molecule is CCCNc1cccc(C(=O)NCCc2ccncc2)n1. The molecule has 0 fully saturated rings. The molecule has 0 saturated heterocycles. The maximum atomic E-state index is 12.0. The second-order valence-corrected chi connectivity index (χ2v) is 4.70. The van der Waals surface area contributed by atoms with Crippen LogP contribution in [0.4, 0.5) is 5.82 Å². The van der Waals surface area contributed by atoms with E-state index in [-0.39, 0.29) is 5.91 Å². The average molecular weight is 284 g/mol. The van der Waals surface area contributed by atoms with Crippen molar-refractivity contribution in [2.75, 3.05) is 18.4 Å². The molecule has 0 aromatic carbocycles. The highest BCUT2D eigenvalue weighted by Gasteiger charge is 2.07. The number of aromatic nitrogens is 2. The molecule has 0 unspecified atom stereocenters. The smallest absolute Gasteiger partial charge is 0.269 e. The van der Waals surface area contributed by atoms with Crippen LogP contribution >= 0.6 is 0 Å². The Bertz CT molecular complexity index is 571. The number of nitrogens with one attached hydrogen (secondary N) is 2. The van der Waals surface area contributed by atoms with Crippen molar-refractivity contribution in [1.29, 1.82) is 0 Å². The number of rotatable bonds is 7. The Balaban J connectivity index is 1.85. The Labute approximate surface area is 124 Å². The molecule has 21 heavy (non-hydrogen) atoms. The molecule has 2 aromatic rings. The normalized spacial score (nSPS) is 10.1. The summed E-state index contributed by atoms with van der Waals surface area (Å²) in [6, 6.07) is 9.31. The predicted molar refractivity (Wildman–Crippen MR) is 83.3 cm³/mol. The van der Waals surface area contributed by atoms with Gasteiger partial charge in [-0.3, -0.25) is 9.78 Å². The standard InChI is InChI=1S/C16H20N4O/c1-2-9-18-15-5-3-4-14(20-15)16(21)19-12-8-13-6-10-17-11-7-13/h3-7,10-11H,2,8-9,12H2,1H3,(H,18,20)(H,19,21). The minimum Gasteiger partial charge on any atom is -0.370 e. The van der Waals surface area contributed by atoms with Crippen molar-refractivity contribution in [2.45, 2.75) is 19.8 Å². The second-order valence-electron chi connectivity index (χ2n) is 4.70. The van der Waals surface area contributed by atoms with Gasteiger partial charge in [0.15, 0.2) is 0 Å². The lowest BCUT2D eigenvalue weighted by atomic mass is 10.2. The number of hydrogen-bond acceptors (Lipinski definition) is 4. The molecular weight excluding hydrogens is 264 g/mol.